The summed E-state index contributed by atoms with van der Waals surface area (Å²) in [5, 5.41) is 0. The lowest BCUT2D eigenvalue weighted by atomic mass is 10.3. The van der Waals surface area contributed by atoms with E-state index >= 15 is 0 Å². The third kappa shape index (κ3) is 6.78. The molecule has 0 aromatic heterocycles. The first-order valence-corrected chi connectivity index (χ1v) is 8.19. The molecular formula is C17H23F3N2O2. The summed E-state index contributed by atoms with van der Waals surface area (Å²) in [6, 6.07) is 9.27. The van der Waals surface area contributed by atoms with E-state index < -0.39 is 12.6 Å². The van der Waals surface area contributed by atoms with Crippen LogP contribution < -0.4 is 4.74 Å². The predicted octanol–water partition coefficient (Wildman–Crippen LogP) is 2.94. The molecular weight excluding hydrogens is 321 g/mol. The lowest BCUT2D eigenvalue weighted by molar-refractivity contribution is -0.138. The Kier molecular flexibility index (Phi) is 6.90. The highest BCUT2D eigenvalue weighted by molar-refractivity contribution is 5.76. The molecule has 24 heavy (non-hydrogen) atoms. The maximum Gasteiger partial charge on any atom is 0.390 e. The standard InChI is InChI=1S/C17H23F3N2O2/c18-17(19,20)8-11-21-9-4-10-22(13-12-21)16(23)7-14-24-15-5-2-1-3-6-15/h1-3,5-6H,4,7-14H2. The van der Waals surface area contributed by atoms with Crippen LogP contribution in [0, 0.1) is 0 Å². The number of hydrogen-bond donors (Lipinski definition) is 0. The van der Waals surface area contributed by atoms with Gasteiger partial charge in [-0.05, 0) is 25.1 Å². The number of rotatable bonds is 6. The van der Waals surface area contributed by atoms with Crippen LogP contribution in [0.5, 0.6) is 5.75 Å². The Hall–Kier alpha value is -1.76. The van der Waals surface area contributed by atoms with Crippen LogP contribution >= 0.6 is 0 Å². The van der Waals surface area contributed by atoms with E-state index in [1.165, 1.54) is 0 Å². The minimum atomic E-state index is -4.13. The van der Waals surface area contributed by atoms with Crippen molar-refractivity contribution >= 4 is 5.91 Å². The van der Waals surface area contributed by atoms with E-state index in [9.17, 15) is 18.0 Å². The molecule has 0 saturated carbocycles. The zero-order chi connectivity index (χ0) is 17.4. The van der Waals surface area contributed by atoms with Gasteiger partial charge in [0, 0.05) is 26.2 Å². The normalized spacial score (nSPS) is 16.7. The van der Waals surface area contributed by atoms with Gasteiger partial charge in [0.1, 0.15) is 5.75 Å². The average Bonchev–Trinajstić information content (AvgIpc) is 2.79. The number of amides is 1. The lowest BCUT2D eigenvalue weighted by Crippen LogP contribution is -2.36. The van der Waals surface area contributed by atoms with Crippen LogP contribution in [0.1, 0.15) is 19.3 Å². The lowest BCUT2D eigenvalue weighted by Gasteiger charge is -2.22. The van der Waals surface area contributed by atoms with Gasteiger partial charge in [-0.1, -0.05) is 18.2 Å². The van der Waals surface area contributed by atoms with Crippen LogP contribution in [0.4, 0.5) is 13.2 Å². The van der Waals surface area contributed by atoms with Gasteiger partial charge in [-0.3, -0.25) is 4.79 Å². The molecule has 0 unspecified atom stereocenters. The molecule has 7 heteroatoms. The predicted molar refractivity (Wildman–Crippen MR) is 84.9 cm³/mol. The van der Waals surface area contributed by atoms with E-state index in [4.69, 9.17) is 4.74 Å². The number of carbonyl (C=O) groups excluding carboxylic acids is 1. The van der Waals surface area contributed by atoms with E-state index in [1.54, 1.807) is 9.80 Å². The third-order valence-electron chi connectivity index (χ3n) is 3.98. The van der Waals surface area contributed by atoms with Crippen LogP contribution in [0.3, 0.4) is 0 Å². The largest absolute Gasteiger partial charge is 0.493 e. The smallest absolute Gasteiger partial charge is 0.390 e. The number of alkyl halides is 3. The number of nitrogens with zero attached hydrogens (tertiary/aromatic N) is 2. The zero-order valence-electron chi connectivity index (χ0n) is 13.6. The summed E-state index contributed by atoms with van der Waals surface area (Å²) in [5.74, 6) is 0.711. The van der Waals surface area contributed by atoms with Crippen molar-refractivity contribution in [1.82, 2.24) is 9.80 Å². The molecule has 0 N–H and O–H groups in total. The van der Waals surface area contributed by atoms with Gasteiger partial charge >= 0.3 is 6.18 Å². The number of ether oxygens (including phenoxy) is 1. The summed E-state index contributed by atoms with van der Waals surface area (Å²) in [4.78, 5) is 15.7. The topological polar surface area (TPSA) is 32.8 Å². The minimum absolute atomic E-state index is 0.00263. The Morgan fingerprint density at radius 3 is 2.54 bits per heavy atom. The molecule has 2 rings (SSSR count). The highest BCUT2D eigenvalue weighted by Gasteiger charge is 2.28. The van der Waals surface area contributed by atoms with Gasteiger partial charge in [-0.15, -0.1) is 0 Å². The van der Waals surface area contributed by atoms with Gasteiger partial charge in [0.05, 0.1) is 19.4 Å². The van der Waals surface area contributed by atoms with E-state index in [0.29, 0.717) is 39.2 Å². The monoisotopic (exact) mass is 344 g/mol. The Bertz CT molecular complexity index is 508. The maximum atomic E-state index is 12.3. The molecule has 1 fully saturated rings. The van der Waals surface area contributed by atoms with Gasteiger partial charge in [-0.2, -0.15) is 13.2 Å². The Labute approximate surface area is 140 Å². The quantitative estimate of drug-likeness (QED) is 0.795. The molecule has 0 spiro atoms. The van der Waals surface area contributed by atoms with E-state index in [1.807, 2.05) is 30.3 Å². The van der Waals surface area contributed by atoms with Gasteiger partial charge in [0.2, 0.25) is 5.91 Å². The van der Waals surface area contributed by atoms with E-state index in [-0.39, 0.29) is 18.9 Å². The van der Waals surface area contributed by atoms with Crippen molar-refractivity contribution in [1.29, 1.82) is 0 Å². The Morgan fingerprint density at radius 1 is 1.08 bits per heavy atom. The number of para-hydroxylation sites is 1. The minimum Gasteiger partial charge on any atom is -0.493 e. The number of benzene rings is 1. The summed E-state index contributed by atoms with van der Waals surface area (Å²) in [7, 11) is 0. The second kappa shape index (κ2) is 8.92. The second-order valence-electron chi connectivity index (χ2n) is 5.85. The molecule has 1 aliphatic rings. The van der Waals surface area contributed by atoms with Crippen LogP contribution in [0.25, 0.3) is 0 Å². The fourth-order valence-corrected chi connectivity index (χ4v) is 2.66. The summed E-state index contributed by atoms with van der Waals surface area (Å²) >= 11 is 0. The number of carbonyl (C=O) groups is 1. The number of halogens is 3. The van der Waals surface area contributed by atoms with Crippen molar-refractivity contribution in [3.63, 3.8) is 0 Å². The van der Waals surface area contributed by atoms with Gasteiger partial charge in [-0.25, -0.2) is 0 Å². The molecule has 0 aliphatic carbocycles. The molecule has 0 bridgehead atoms. The molecule has 0 radical (unpaired) electrons. The van der Waals surface area contributed by atoms with Crippen LogP contribution in [0.15, 0.2) is 30.3 Å². The zero-order valence-corrected chi connectivity index (χ0v) is 13.6. The molecule has 134 valence electrons. The van der Waals surface area contributed by atoms with Crippen molar-refractivity contribution in [2.75, 3.05) is 39.3 Å². The van der Waals surface area contributed by atoms with Crippen molar-refractivity contribution < 1.29 is 22.7 Å². The van der Waals surface area contributed by atoms with Crippen LogP contribution in [-0.2, 0) is 4.79 Å². The van der Waals surface area contributed by atoms with E-state index in [2.05, 4.69) is 0 Å². The SMILES string of the molecule is O=C(CCOc1ccccc1)N1CCCN(CCC(F)(F)F)CC1. The second-order valence-corrected chi connectivity index (χ2v) is 5.85. The van der Waals surface area contributed by atoms with Gasteiger partial charge in [0.25, 0.3) is 0 Å². The van der Waals surface area contributed by atoms with Crippen molar-refractivity contribution in [3.05, 3.63) is 30.3 Å². The molecule has 1 aromatic carbocycles. The van der Waals surface area contributed by atoms with E-state index in [0.717, 1.165) is 5.75 Å². The highest BCUT2D eigenvalue weighted by Crippen LogP contribution is 2.20. The van der Waals surface area contributed by atoms with Crippen molar-refractivity contribution in [2.24, 2.45) is 0 Å². The Balaban J connectivity index is 1.69. The van der Waals surface area contributed by atoms with Crippen LogP contribution in [-0.4, -0.2) is 61.2 Å². The number of hydrogen-bond acceptors (Lipinski definition) is 3. The first kappa shape index (κ1) is 18.6. The van der Waals surface area contributed by atoms with Crippen LogP contribution in [0.2, 0.25) is 0 Å². The maximum absolute atomic E-state index is 12.3. The molecule has 0 atom stereocenters. The van der Waals surface area contributed by atoms with Crippen molar-refractivity contribution in [2.45, 2.75) is 25.4 Å². The summed E-state index contributed by atoms with van der Waals surface area (Å²) < 4.78 is 42.4. The molecule has 1 aliphatic heterocycles. The first-order valence-electron chi connectivity index (χ1n) is 8.19. The molecule has 1 saturated heterocycles. The van der Waals surface area contributed by atoms with Gasteiger partial charge in [0.15, 0.2) is 0 Å². The third-order valence-corrected chi connectivity index (χ3v) is 3.98. The highest BCUT2D eigenvalue weighted by atomic mass is 19.4. The van der Waals surface area contributed by atoms with Crippen molar-refractivity contribution in [3.8, 4) is 5.75 Å². The van der Waals surface area contributed by atoms with Gasteiger partial charge < -0.3 is 14.5 Å². The first-order chi connectivity index (χ1) is 11.4. The molecule has 1 heterocycles. The summed E-state index contributed by atoms with van der Waals surface area (Å²) in [6.07, 6.45) is -3.96. The summed E-state index contributed by atoms with van der Waals surface area (Å²) in [5.41, 5.74) is 0. The molecule has 1 aromatic rings. The summed E-state index contributed by atoms with van der Waals surface area (Å²) in [6.45, 7) is 2.45. The Morgan fingerprint density at radius 2 is 1.83 bits per heavy atom. The fraction of sp³-hybridized carbons (Fsp3) is 0.588. The fourth-order valence-electron chi connectivity index (χ4n) is 2.66. The molecule has 4 nitrogen and oxygen atoms in total. The average molecular weight is 344 g/mol. The molecule has 1 amide bonds.